The number of benzene rings is 1. The smallest absolute Gasteiger partial charge is 0.242 e. The first-order valence-corrected chi connectivity index (χ1v) is 10.7. The van der Waals surface area contributed by atoms with E-state index in [0.717, 1.165) is 11.1 Å². The summed E-state index contributed by atoms with van der Waals surface area (Å²) in [6.45, 7) is 0.280. The average molecular weight is 459 g/mol. The van der Waals surface area contributed by atoms with E-state index in [4.69, 9.17) is 27.6 Å². The molecule has 6 nitrogen and oxygen atoms in total. The Hall–Kier alpha value is -2.61. The number of halogens is 2. The molecule has 0 saturated carbocycles. The lowest BCUT2D eigenvalue weighted by atomic mass is 10.1. The molecule has 152 valence electrons. The van der Waals surface area contributed by atoms with Crippen LogP contribution >= 0.6 is 35.0 Å². The molecule has 4 rings (SSSR count). The van der Waals surface area contributed by atoms with Crippen molar-refractivity contribution in [3.05, 3.63) is 88.1 Å². The van der Waals surface area contributed by atoms with Crippen LogP contribution in [0, 0.1) is 0 Å². The first-order chi connectivity index (χ1) is 14.6. The quantitative estimate of drug-likeness (QED) is 0.382. The molecule has 1 saturated heterocycles. The van der Waals surface area contributed by atoms with Crippen LogP contribution in [0.15, 0.2) is 75.7 Å². The Labute approximate surface area is 187 Å². The third-order valence-electron chi connectivity index (χ3n) is 4.38. The Balaban J connectivity index is 1.57. The molecule has 3 heterocycles. The lowest BCUT2D eigenvalue weighted by Crippen LogP contribution is -2.32. The third-order valence-corrected chi connectivity index (χ3v) is 6.15. The Bertz CT molecular complexity index is 1090. The van der Waals surface area contributed by atoms with Gasteiger partial charge in [-0.1, -0.05) is 35.0 Å². The zero-order chi connectivity index (χ0) is 20.9. The highest BCUT2D eigenvalue weighted by atomic mass is 35.5. The zero-order valence-electron chi connectivity index (χ0n) is 15.6. The van der Waals surface area contributed by atoms with Crippen LogP contribution in [0.1, 0.15) is 16.9 Å². The minimum Gasteiger partial charge on any atom is -0.467 e. The van der Waals surface area contributed by atoms with E-state index in [9.17, 15) is 4.79 Å². The SMILES string of the molecule is O=C1C(Cc2cc(Cl)ccc2Cl)S/C(=N/N=C/c2ccncc2)N1Cc1ccco1. The van der Waals surface area contributed by atoms with E-state index < -0.39 is 0 Å². The van der Waals surface area contributed by atoms with Gasteiger partial charge in [-0.25, -0.2) is 0 Å². The number of carbonyl (C=O) groups excluding carboxylic acids is 1. The van der Waals surface area contributed by atoms with Gasteiger partial charge < -0.3 is 4.42 Å². The molecule has 1 unspecified atom stereocenters. The summed E-state index contributed by atoms with van der Waals surface area (Å²) < 4.78 is 5.41. The lowest BCUT2D eigenvalue weighted by Gasteiger charge is -2.14. The monoisotopic (exact) mass is 458 g/mol. The number of carbonyl (C=O) groups is 1. The molecular formula is C21H16Cl2N4O2S. The van der Waals surface area contributed by atoms with Gasteiger partial charge >= 0.3 is 0 Å². The standard InChI is InChI=1S/C21H16Cl2N4O2S/c22-16-3-4-18(23)15(10-16)11-19-20(28)27(13-17-2-1-9-29-17)21(30-19)26-25-12-14-5-7-24-8-6-14/h1-10,12,19H,11,13H2/b25-12+,26-21+. The summed E-state index contributed by atoms with van der Waals surface area (Å²) in [6.07, 6.45) is 6.98. The molecule has 0 N–H and O–H groups in total. The van der Waals surface area contributed by atoms with Crippen LogP contribution in [0.2, 0.25) is 10.0 Å². The van der Waals surface area contributed by atoms with Gasteiger partial charge in [0, 0.05) is 22.4 Å². The summed E-state index contributed by atoms with van der Waals surface area (Å²) in [4.78, 5) is 18.7. The van der Waals surface area contributed by atoms with Gasteiger partial charge in [-0.15, -0.1) is 5.10 Å². The maximum atomic E-state index is 13.1. The molecule has 2 aromatic heterocycles. The largest absolute Gasteiger partial charge is 0.467 e. The van der Waals surface area contributed by atoms with Crippen LogP contribution < -0.4 is 0 Å². The summed E-state index contributed by atoms with van der Waals surface area (Å²) >= 11 is 13.7. The van der Waals surface area contributed by atoms with E-state index in [1.807, 2.05) is 18.2 Å². The number of pyridine rings is 1. The fraction of sp³-hybridized carbons (Fsp3) is 0.143. The van der Waals surface area contributed by atoms with E-state index in [1.165, 1.54) is 11.8 Å². The van der Waals surface area contributed by atoms with Gasteiger partial charge in [0.05, 0.1) is 24.3 Å². The normalized spacial score (nSPS) is 18.1. The average Bonchev–Trinajstić information content (AvgIpc) is 3.36. The molecule has 0 spiro atoms. The fourth-order valence-electron chi connectivity index (χ4n) is 2.91. The van der Waals surface area contributed by atoms with Crippen LogP contribution in [0.4, 0.5) is 0 Å². The van der Waals surface area contributed by atoms with E-state index >= 15 is 0 Å². The predicted octanol–water partition coefficient (Wildman–Crippen LogP) is 5.06. The third kappa shape index (κ3) is 4.92. The minimum absolute atomic E-state index is 0.0784. The molecule has 3 aromatic rings. The molecular weight excluding hydrogens is 443 g/mol. The van der Waals surface area contributed by atoms with E-state index in [0.29, 0.717) is 27.4 Å². The Morgan fingerprint density at radius 2 is 2.03 bits per heavy atom. The number of furan rings is 1. The number of hydrogen-bond acceptors (Lipinski definition) is 6. The molecule has 1 aliphatic rings. The maximum Gasteiger partial charge on any atom is 0.242 e. The second-order valence-corrected chi connectivity index (χ2v) is 8.47. The Morgan fingerprint density at radius 1 is 1.20 bits per heavy atom. The number of amides is 1. The maximum absolute atomic E-state index is 13.1. The summed E-state index contributed by atoms with van der Waals surface area (Å²) in [5, 5.41) is 9.72. The number of aromatic nitrogens is 1. The van der Waals surface area contributed by atoms with E-state index in [-0.39, 0.29) is 17.7 Å². The fourth-order valence-corrected chi connectivity index (χ4v) is 4.42. The molecule has 9 heteroatoms. The molecule has 1 fully saturated rings. The Kier molecular flexibility index (Phi) is 6.52. The second-order valence-electron chi connectivity index (χ2n) is 6.46. The van der Waals surface area contributed by atoms with Crippen molar-refractivity contribution >= 4 is 52.3 Å². The molecule has 1 amide bonds. The van der Waals surface area contributed by atoms with Gasteiger partial charge in [-0.05, 0) is 60.0 Å². The molecule has 1 aliphatic heterocycles. The summed E-state index contributed by atoms with van der Waals surface area (Å²) in [7, 11) is 0. The first-order valence-electron chi connectivity index (χ1n) is 9.05. The number of amidine groups is 1. The molecule has 1 aromatic carbocycles. The van der Waals surface area contributed by atoms with Crippen LogP contribution in [0.5, 0.6) is 0 Å². The lowest BCUT2D eigenvalue weighted by molar-refractivity contribution is -0.126. The van der Waals surface area contributed by atoms with E-state index in [2.05, 4.69) is 15.2 Å². The topological polar surface area (TPSA) is 71.1 Å². The van der Waals surface area contributed by atoms with Gasteiger partial charge in [0.1, 0.15) is 5.76 Å². The van der Waals surface area contributed by atoms with Gasteiger partial charge in [-0.3, -0.25) is 14.7 Å². The summed E-state index contributed by atoms with van der Waals surface area (Å²) in [5.74, 6) is 0.585. The van der Waals surface area contributed by atoms with Crippen LogP contribution in [0.25, 0.3) is 0 Å². The summed E-state index contributed by atoms with van der Waals surface area (Å²) in [5.41, 5.74) is 1.68. The highest BCUT2D eigenvalue weighted by Crippen LogP contribution is 2.33. The number of hydrogen-bond donors (Lipinski definition) is 0. The second kappa shape index (κ2) is 9.47. The van der Waals surface area contributed by atoms with E-state index in [1.54, 1.807) is 54.0 Å². The Morgan fingerprint density at radius 3 is 2.80 bits per heavy atom. The van der Waals surface area contributed by atoms with Crippen molar-refractivity contribution < 1.29 is 9.21 Å². The molecule has 0 radical (unpaired) electrons. The highest BCUT2D eigenvalue weighted by Gasteiger charge is 2.39. The van der Waals surface area contributed by atoms with Crippen LogP contribution in [0.3, 0.4) is 0 Å². The predicted molar refractivity (Wildman–Crippen MR) is 120 cm³/mol. The summed E-state index contributed by atoms with van der Waals surface area (Å²) in [6, 6.07) is 12.5. The van der Waals surface area contributed by atoms with Crippen LogP contribution in [-0.4, -0.2) is 32.4 Å². The zero-order valence-corrected chi connectivity index (χ0v) is 17.9. The van der Waals surface area contributed by atoms with Crippen molar-refractivity contribution in [2.24, 2.45) is 10.2 Å². The first kappa shape index (κ1) is 20.7. The molecule has 0 bridgehead atoms. The van der Waals surface area contributed by atoms with Gasteiger partial charge in [0.25, 0.3) is 0 Å². The number of rotatable bonds is 6. The molecule has 0 aliphatic carbocycles. The number of nitrogens with zero attached hydrogens (tertiary/aromatic N) is 4. The van der Waals surface area contributed by atoms with Gasteiger partial charge in [0.2, 0.25) is 5.91 Å². The highest BCUT2D eigenvalue weighted by molar-refractivity contribution is 8.15. The van der Waals surface area contributed by atoms with Crippen molar-refractivity contribution in [2.75, 3.05) is 0 Å². The van der Waals surface area contributed by atoms with Crippen molar-refractivity contribution in [3.8, 4) is 0 Å². The van der Waals surface area contributed by atoms with Crippen LogP contribution in [-0.2, 0) is 17.8 Å². The van der Waals surface area contributed by atoms with Crippen molar-refractivity contribution in [3.63, 3.8) is 0 Å². The molecule has 1 atom stereocenters. The number of thioether (sulfide) groups is 1. The van der Waals surface area contributed by atoms with Gasteiger partial charge in [-0.2, -0.15) is 5.10 Å². The van der Waals surface area contributed by atoms with Crippen molar-refractivity contribution in [2.45, 2.75) is 18.2 Å². The van der Waals surface area contributed by atoms with Gasteiger partial charge in [0.15, 0.2) is 5.17 Å². The minimum atomic E-state index is -0.384. The van der Waals surface area contributed by atoms with Crippen molar-refractivity contribution in [1.29, 1.82) is 0 Å². The molecule has 30 heavy (non-hydrogen) atoms. The van der Waals surface area contributed by atoms with Crippen molar-refractivity contribution in [1.82, 2.24) is 9.88 Å².